The molecule has 2 saturated heterocycles. The lowest BCUT2D eigenvalue weighted by Gasteiger charge is -2.46. The predicted octanol–water partition coefficient (Wildman–Crippen LogP) is 4.41. The molecule has 3 aromatic heterocycles. The number of likely N-dealkylation sites (tertiary alicyclic amines) is 1. The SMILES string of the molecule is Cc1cc(C)n(Cc2ccc(C(=O)N3CCC4(CC3)CC(CCOc3ccncc3)CCO4)o2)n1. The Kier molecular flexibility index (Phi) is 6.90. The van der Waals surface area contributed by atoms with Crippen molar-refractivity contribution in [2.45, 2.75) is 58.1 Å². The van der Waals surface area contributed by atoms with Gasteiger partial charge in [0.05, 0.1) is 24.4 Å². The first-order valence-electron chi connectivity index (χ1n) is 12.6. The Labute approximate surface area is 206 Å². The average Bonchev–Trinajstić information content (AvgIpc) is 3.46. The molecule has 1 spiro atoms. The van der Waals surface area contributed by atoms with Gasteiger partial charge in [0.25, 0.3) is 5.91 Å². The normalized spacial score (nSPS) is 19.7. The molecule has 0 radical (unpaired) electrons. The van der Waals surface area contributed by atoms with Crippen LogP contribution in [0.4, 0.5) is 0 Å². The van der Waals surface area contributed by atoms with Gasteiger partial charge in [-0.1, -0.05) is 0 Å². The maximum Gasteiger partial charge on any atom is 0.289 e. The number of piperidine rings is 1. The van der Waals surface area contributed by atoms with E-state index in [2.05, 4.69) is 10.1 Å². The zero-order valence-electron chi connectivity index (χ0n) is 20.6. The van der Waals surface area contributed by atoms with Crippen LogP contribution in [0, 0.1) is 19.8 Å². The maximum absolute atomic E-state index is 13.1. The van der Waals surface area contributed by atoms with Crippen LogP contribution in [0.25, 0.3) is 0 Å². The molecular weight excluding hydrogens is 444 g/mol. The van der Waals surface area contributed by atoms with Crippen molar-refractivity contribution in [3.05, 3.63) is 65.6 Å². The van der Waals surface area contributed by atoms with E-state index in [1.807, 2.05) is 47.7 Å². The molecule has 8 heteroatoms. The minimum absolute atomic E-state index is 0.0439. The smallest absolute Gasteiger partial charge is 0.289 e. The number of nitrogens with zero attached hydrogens (tertiary/aromatic N) is 4. The van der Waals surface area contributed by atoms with Gasteiger partial charge in [-0.15, -0.1) is 0 Å². The van der Waals surface area contributed by atoms with Gasteiger partial charge in [-0.2, -0.15) is 5.10 Å². The average molecular weight is 479 g/mol. The summed E-state index contributed by atoms with van der Waals surface area (Å²) in [6, 6.07) is 9.46. The van der Waals surface area contributed by atoms with Crippen molar-refractivity contribution in [3.63, 3.8) is 0 Å². The summed E-state index contributed by atoms with van der Waals surface area (Å²) in [5.74, 6) is 2.53. The van der Waals surface area contributed by atoms with Crippen molar-refractivity contribution in [2.24, 2.45) is 5.92 Å². The third-order valence-electron chi connectivity index (χ3n) is 7.28. The molecule has 1 unspecified atom stereocenters. The Hall–Kier alpha value is -3.13. The number of hydrogen-bond donors (Lipinski definition) is 0. The standard InChI is InChI=1S/C27H34N4O4/c1-20-17-21(2)31(29-20)19-24-3-4-25(35-24)26(32)30-13-9-27(10-14-30)18-22(8-16-34-27)7-15-33-23-5-11-28-12-6-23/h3-6,11-12,17,22H,7-10,13-16,18-19H2,1-2H3. The van der Waals surface area contributed by atoms with Gasteiger partial charge in [0.2, 0.25) is 0 Å². The molecule has 8 nitrogen and oxygen atoms in total. The number of rotatable bonds is 7. The number of furan rings is 1. The zero-order valence-corrected chi connectivity index (χ0v) is 20.6. The van der Waals surface area contributed by atoms with Crippen LogP contribution in [-0.2, 0) is 11.3 Å². The first-order valence-corrected chi connectivity index (χ1v) is 12.6. The van der Waals surface area contributed by atoms with Crippen LogP contribution in [0.1, 0.15) is 59.8 Å². The summed E-state index contributed by atoms with van der Waals surface area (Å²) < 4.78 is 20.0. The van der Waals surface area contributed by atoms with E-state index in [1.165, 1.54) is 0 Å². The summed E-state index contributed by atoms with van der Waals surface area (Å²) in [5.41, 5.74) is 1.92. The Morgan fingerprint density at radius 1 is 1.17 bits per heavy atom. The van der Waals surface area contributed by atoms with Crippen LogP contribution >= 0.6 is 0 Å². The molecule has 2 aliphatic rings. The second-order valence-corrected chi connectivity index (χ2v) is 9.85. The van der Waals surface area contributed by atoms with Gasteiger partial charge in [-0.05, 0) is 82.2 Å². The van der Waals surface area contributed by atoms with Crippen molar-refractivity contribution in [1.29, 1.82) is 0 Å². The molecule has 2 aliphatic heterocycles. The number of hydrogen-bond acceptors (Lipinski definition) is 6. The molecule has 186 valence electrons. The molecule has 0 N–H and O–H groups in total. The van der Waals surface area contributed by atoms with E-state index < -0.39 is 0 Å². The highest BCUT2D eigenvalue weighted by atomic mass is 16.5. The molecule has 5 rings (SSSR count). The number of aryl methyl sites for hydroxylation is 2. The quantitative estimate of drug-likeness (QED) is 0.500. The summed E-state index contributed by atoms with van der Waals surface area (Å²) in [6.07, 6.45) is 8.33. The highest BCUT2D eigenvalue weighted by molar-refractivity contribution is 5.91. The second-order valence-electron chi connectivity index (χ2n) is 9.85. The Bertz CT molecular complexity index is 1130. The fraction of sp³-hybridized carbons (Fsp3) is 0.519. The lowest BCUT2D eigenvalue weighted by Crippen LogP contribution is -2.50. The fourth-order valence-corrected chi connectivity index (χ4v) is 5.34. The number of carbonyl (C=O) groups is 1. The Morgan fingerprint density at radius 2 is 1.97 bits per heavy atom. The first-order chi connectivity index (χ1) is 17.0. The number of pyridine rings is 1. The summed E-state index contributed by atoms with van der Waals surface area (Å²) in [4.78, 5) is 19.0. The van der Waals surface area contributed by atoms with Gasteiger partial charge in [0.1, 0.15) is 11.5 Å². The van der Waals surface area contributed by atoms with E-state index in [0.29, 0.717) is 37.9 Å². The molecule has 0 bridgehead atoms. The zero-order chi connectivity index (χ0) is 24.3. The van der Waals surface area contributed by atoms with Gasteiger partial charge in [0.15, 0.2) is 5.76 Å². The van der Waals surface area contributed by atoms with E-state index in [9.17, 15) is 4.79 Å². The topological polar surface area (TPSA) is 82.6 Å². The molecule has 0 saturated carbocycles. The van der Waals surface area contributed by atoms with Gasteiger partial charge in [-0.25, -0.2) is 0 Å². The van der Waals surface area contributed by atoms with Crippen molar-refractivity contribution in [1.82, 2.24) is 19.7 Å². The van der Waals surface area contributed by atoms with Crippen LogP contribution in [0.5, 0.6) is 5.75 Å². The summed E-state index contributed by atoms with van der Waals surface area (Å²) >= 11 is 0. The Morgan fingerprint density at radius 3 is 2.71 bits per heavy atom. The molecule has 35 heavy (non-hydrogen) atoms. The highest BCUT2D eigenvalue weighted by Crippen LogP contribution is 2.39. The van der Waals surface area contributed by atoms with Crippen molar-refractivity contribution in [2.75, 3.05) is 26.3 Å². The molecule has 0 aliphatic carbocycles. The minimum Gasteiger partial charge on any atom is -0.493 e. The number of amides is 1. The van der Waals surface area contributed by atoms with Crippen LogP contribution < -0.4 is 4.74 Å². The molecular formula is C27H34N4O4. The summed E-state index contributed by atoms with van der Waals surface area (Å²) in [6.45, 7) is 7.37. The number of aromatic nitrogens is 3. The molecule has 1 atom stereocenters. The Balaban J connectivity index is 1.11. The van der Waals surface area contributed by atoms with E-state index in [-0.39, 0.29) is 11.5 Å². The lowest BCUT2D eigenvalue weighted by atomic mass is 9.78. The molecule has 1 amide bonds. The van der Waals surface area contributed by atoms with E-state index >= 15 is 0 Å². The largest absolute Gasteiger partial charge is 0.493 e. The van der Waals surface area contributed by atoms with Crippen LogP contribution in [0.15, 0.2) is 47.1 Å². The van der Waals surface area contributed by atoms with E-state index in [1.54, 1.807) is 18.5 Å². The van der Waals surface area contributed by atoms with Gasteiger partial charge < -0.3 is 18.8 Å². The van der Waals surface area contributed by atoms with Crippen LogP contribution in [0.3, 0.4) is 0 Å². The molecule has 3 aromatic rings. The van der Waals surface area contributed by atoms with Gasteiger partial charge in [0, 0.05) is 37.8 Å². The van der Waals surface area contributed by atoms with Crippen molar-refractivity contribution in [3.8, 4) is 5.75 Å². The lowest BCUT2D eigenvalue weighted by molar-refractivity contribution is -0.125. The molecule has 2 fully saturated rings. The predicted molar refractivity (Wildman–Crippen MR) is 130 cm³/mol. The van der Waals surface area contributed by atoms with Crippen molar-refractivity contribution >= 4 is 5.91 Å². The van der Waals surface area contributed by atoms with E-state index in [4.69, 9.17) is 13.9 Å². The van der Waals surface area contributed by atoms with Crippen LogP contribution in [0.2, 0.25) is 0 Å². The number of carbonyl (C=O) groups excluding carboxylic acids is 1. The highest BCUT2D eigenvalue weighted by Gasteiger charge is 2.41. The molecule has 0 aromatic carbocycles. The van der Waals surface area contributed by atoms with Crippen molar-refractivity contribution < 1.29 is 18.7 Å². The third-order valence-corrected chi connectivity index (χ3v) is 7.28. The minimum atomic E-state index is -0.125. The van der Waals surface area contributed by atoms with E-state index in [0.717, 1.165) is 61.6 Å². The first kappa shape index (κ1) is 23.6. The third kappa shape index (κ3) is 5.59. The van der Waals surface area contributed by atoms with Gasteiger partial charge in [-0.3, -0.25) is 14.5 Å². The summed E-state index contributed by atoms with van der Waals surface area (Å²) in [7, 11) is 0. The number of ether oxygens (including phenoxy) is 2. The molecule has 5 heterocycles. The summed E-state index contributed by atoms with van der Waals surface area (Å²) in [5, 5.41) is 4.47. The van der Waals surface area contributed by atoms with Gasteiger partial charge >= 0.3 is 0 Å². The van der Waals surface area contributed by atoms with Crippen LogP contribution in [-0.4, -0.2) is 57.5 Å². The maximum atomic E-state index is 13.1. The monoisotopic (exact) mass is 478 g/mol. The fourth-order valence-electron chi connectivity index (χ4n) is 5.34. The second kappa shape index (κ2) is 10.2.